The molecule has 4 N–H and O–H groups in total. The number of aliphatic hydroxyl groups excluding tert-OH is 3. The van der Waals surface area contributed by atoms with Gasteiger partial charge in [-0.25, -0.2) is 0 Å². The van der Waals surface area contributed by atoms with E-state index in [1.165, 1.54) is 0 Å². The van der Waals surface area contributed by atoms with Crippen molar-refractivity contribution < 1.29 is 41.9 Å². The van der Waals surface area contributed by atoms with Crippen molar-refractivity contribution in [2.24, 2.45) is 0 Å². The summed E-state index contributed by atoms with van der Waals surface area (Å²) in [6, 6.07) is 0. The first kappa shape index (κ1) is 20.5. The van der Waals surface area contributed by atoms with Gasteiger partial charge in [-0.15, -0.1) is 0 Å². The maximum atomic E-state index is 10.3. The predicted molar refractivity (Wildman–Crippen MR) is 80.0 cm³/mol. The zero-order valence-corrected chi connectivity index (χ0v) is 15.6. The molecule has 0 saturated carbocycles. The second-order valence-electron chi connectivity index (χ2n) is 5.48. The van der Waals surface area contributed by atoms with E-state index in [1.54, 1.807) is 0 Å². The van der Waals surface area contributed by atoms with Gasteiger partial charge in [0.2, 0.25) is 0 Å². The summed E-state index contributed by atoms with van der Waals surface area (Å²) >= 11 is -2.27. The molecule has 0 radical (unpaired) electrons. The molecular formula is C10H21AsO9S2. The van der Waals surface area contributed by atoms with Crippen molar-refractivity contribution in [2.75, 3.05) is 13.2 Å². The van der Waals surface area contributed by atoms with E-state index >= 15 is 0 Å². The Bertz CT molecular complexity index is 505. The summed E-state index contributed by atoms with van der Waals surface area (Å²) in [7, 11) is 0.701. The van der Waals surface area contributed by atoms with Crippen LogP contribution >= 0.6 is 10.4 Å². The molecule has 1 heterocycles. The van der Waals surface area contributed by atoms with Crippen LogP contribution in [0.15, 0.2) is 0 Å². The summed E-state index contributed by atoms with van der Waals surface area (Å²) < 4.78 is 43.5. The van der Waals surface area contributed by atoms with Crippen LogP contribution in [-0.2, 0) is 24.1 Å². The quantitative estimate of drug-likeness (QED) is 0.284. The molecule has 0 aromatic rings. The van der Waals surface area contributed by atoms with Gasteiger partial charge in [0, 0.05) is 0 Å². The first-order valence-corrected chi connectivity index (χ1v) is 15.5. The Hall–Kier alpha value is 0.448. The van der Waals surface area contributed by atoms with Gasteiger partial charge < -0.3 is 0 Å². The minimum absolute atomic E-state index is 0.409. The molecular weight excluding hydrogens is 403 g/mol. The van der Waals surface area contributed by atoms with Gasteiger partial charge in [0.1, 0.15) is 0 Å². The van der Waals surface area contributed by atoms with Gasteiger partial charge in [-0.3, -0.25) is 0 Å². The van der Waals surface area contributed by atoms with Gasteiger partial charge >= 0.3 is 135 Å². The van der Waals surface area contributed by atoms with E-state index < -0.39 is 66.2 Å². The number of aliphatic hydroxyl groups is 3. The van der Waals surface area contributed by atoms with Crippen LogP contribution in [0, 0.1) is 0 Å². The average Bonchev–Trinajstić information content (AvgIpc) is 2.59. The Labute approximate surface area is 135 Å². The summed E-state index contributed by atoms with van der Waals surface area (Å²) in [6.07, 6.45) is -5.58. The molecule has 132 valence electrons. The van der Waals surface area contributed by atoms with Crippen LogP contribution in [0.3, 0.4) is 0 Å². The van der Waals surface area contributed by atoms with Gasteiger partial charge in [0.05, 0.1) is 0 Å². The van der Waals surface area contributed by atoms with Crippen molar-refractivity contribution in [2.45, 2.75) is 47.3 Å². The van der Waals surface area contributed by atoms with Crippen molar-refractivity contribution >= 4 is 32.7 Å². The Morgan fingerprint density at radius 2 is 1.86 bits per heavy atom. The Balaban J connectivity index is 2.45. The molecule has 9 nitrogen and oxygen atoms in total. The molecule has 0 aliphatic carbocycles. The van der Waals surface area contributed by atoms with E-state index in [2.05, 4.69) is 4.18 Å². The van der Waals surface area contributed by atoms with Crippen LogP contribution in [0.4, 0.5) is 0 Å². The molecule has 22 heavy (non-hydrogen) atoms. The van der Waals surface area contributed by atoms with E-state index in [0.29, 0.717) is 5.21 Å². The zero-order valence-electron chi connectivity index (χ0n) is 12.1. The fourth-order valence-corrected chi connectivity index (χ4v) is 5.40. The van der Waals surface area contributed by atoms with E-state index in [0.717, 1.165) is 0 Å². The van der Waals surface area contributed by atoms with Gasteiger partial charge in [-0.1, -0.05) is 0 Å². The summed E-state index contributed by atoms with van der Waals surface area (Å²) in [5.41, 5.74) is 3.89. The van der Waals surface area contributed by atoms with E-state index in [1.807, 2.05) is 11.4 Å². The maximum absolute atomic E-state index is 10.3. The minimum atomic E-state index is -4.65. The van der Waals surface area contributed by atoms with Crippen molar-refractivity contribution in [1.82, 2.24) is 0 Å². The van der Waals surface area contributed by atoms with Crippen LogP contribution in [-0.4, -0.2) is 84.1 Å². The molecule has 12 heteroatoms. The molecule has 1 aliphatic heterocycles. The third-order valence-electron chi connectivity index (χ3n) is 2.80. The number of rotatable bonds is 8. The summed E-state index contributed by atoms with van der Waals surface area (Å²) in [5, 5.41) is 29.7. The first-order valence-electron chi connectivity index (χ1n) is 6.36. The second-order valence-corrected chi connectivity index (χ2v) is 19.1. The molecule has 0 spiro atoms. The number of hydrogen-bond acceptors (Lipinski definition) is 9. The standard InChI is InChI=1S/C10H21AsO9S2/c1-11(2,21)3-7-8(13)9(14)10(20-7)18-4-6(12)5-19-22(15,16)17/h6-10,12-14H,3-5H2,1-2H3,(H,15,16,17)/t6-,7+,8+,9+,10+/m0/s1. The van der Waals surface area contributed by atoms with E-state index in [9.17, 15) is 23.7 Å². The average molecular weight is 424 g/mol. The topological polar surface area (TPSA) is 143 Å². The summed E-state index contributed by atoms with van der Waals surface area (Å²) in [4.78, 5) is 0. The number of ether oxygens (including phenoxy) is 2. The van der Waals surface area contributed by atoms with E-state index in [-0.39, 0.29) is 0 Å². The van der Waals surface area contributed by atoms with Gasteiger partial charge in [-0.05, 0) is 0 Å². The number of hydrogen-bond donors (Lipinski definition) is 4. The van der Waals surface area contributed by atoms with Gasteiger partial charge in [0.15, 0.2) is 0 Å². The fourth-order valence-electron chi connectivity index (χ4n) is 1.85. The Morgan fingerprint density at radius 3 is 2.36 bits per heavy atom. The van der Waals surface area contributed by atoms with Crippen molar-refractivity contribution in [1.29, 1.82) is 0 Å². The zero-order chi connectivity index (χ0) is 17.1. The molecule has 5 atom stereocenters. The molecule has 1 fully saturated rings. The molecule has 0 unspecified atom stereocenters. The third kappa shape index (κ3) is 7.35. The van der Waals surface area contributed by atoms with Crippen LogP contribution in [0.2, 0.25) is 16.6 Å². The normalized spacial score (nSPS) is 31.4. The Morgan fingerprint density at radius 1 is 1.27 bits per heavy atom. The monoisotopic (exact) mass is 424 g/mol. The van der Waals surface area contributed by atoms with E-state index in [4.69, 9.17) is 24.4 Å². The molecule has 0 amide bonds. The summed E-state index contributed by atoms with van der Waals surface area (Å²) in [6.45, 7) is -1.12. The molecule has 1 aliphatic rings. The molecule has 1 rings (SSSR count). The van der Waals surface area contributed by atoms with Crippen LogP contribution in [0.5, 0.6) is 0 Å². The molecule has 0 aromatic carbocycles. The molecule has 0 aromatic heterocycles. The Kier molecular flexibility index (Phi) is 7.47. The van der Waals surface area contributed by atoms with Gasteiger partial charge in [-0.2, -0.15) is 0 Å². The predicted octanol–water partition coefficient (Wildman–Crippen LogP) is -0.967. The van der Waals surface area contributed by atoms with Gasteiger partial charge in [0.25, 0.3) is 0 Å². The molecule has 1 saturated heterocycles. The van der Waals surface area contributed by atoms with Crippen molar-refractivity contribution in [3.05, 3.63) is 0 Å². The van der Waals surface area contributed by atoms with Crippen molar-refractivity contribution in [3.8, 4) is 0 Å². The fraction of sp³-hybridized carbons (Fsp3) is 1.00. The summed E-state index contributed by atoms with van der Waals surface area (Å²) in [5.74, 6) is 0. The van der Waals surface area contributed by atoms with Crippen LogP contribution in [0.1, 0.15) is 0 Å². The van der Waals surface area contributed by atoms with Crippen LogP contribution in [0.25, 0.3) is 0 Å². The SMILES string of the molecule is C[As](C)(=S)C[C@H]1O[C@@H](OC[C@H](O)COS(=O)(=O)O)[C@H](O)[C@@H]1O. The first-order chi connectivity index (χ1) is 9.89. The third-order valence-corrected chi connectivity index (χ3v) is 6.61. The van der Waals surface area contributed by atoms with Crippen molar-refractivity contribution in [3.63, 3.8) is 0 Å². The van der Waals surface area contributed by atoms with Crippen LogP contribution < -0.4 is 0 Å². The second kappa shape index (κ2) is 8.02. The molecule has 0 bridgehead atoms.